The Morgan fingerprint density at radius 2 is 2.09 bits per heavy atom. The lowest BCUT2D eigenvalue weighted by atomic mass is 10.1. The summed E-state index contributed by atoms with van der Waals surface area (Å²) in [5.74, 6) is 0.342. The van der Waals surface area contributed by atoms with Crippen LogP contribution in [-0.2, 0) is 11.2 Å². The van der Waals surface area contributed by atoms with Crippen LogP contribution in [0.25, 0.3) is 11.0 Å². The molecule has 0 saturated carbocycles. The zero-order valence-electron chi connectivity index (χ0n) is 13.8. The largest absolute Gasteiger partial charge is 0.484 e. The number of nitrogens with one attached hydrogen (secondary N) is 1. The maximum atomic E-state index is 11.7. The number of carbonyl (C=O) groups excluding carboxylic acids is 1. The molecule has 1 heterocycles. The maximum Gasteiger partial charge on any atom is 0.336 e. The molecule has 0 aliphatic carbocycles. The topological polar surface area (TPSA) is 68.5 Å². The van der Waals surface area contributed by atoms with Gasteiger partial charge in [0.1, 0.15) is 11.3 Å². The van der Waals surface area contributed by atoms with Crippen LogP contribution in [0.1, 0.15) is 39.2 Å². The van der Waals surface area contributed by atoms with Crippen molar-refractivity contribution in [3.63, 3.8) is 0 Å². The van der Waals surface area contributed by atoms with E-state index in [0.717, 1.165) is 30.2 Å². The third-order valence-corrected chi connectivity index (χ3v) is 3.71. The lowest BCUT2D eigenvalue weighted by Crippen LogP contribution is -2.35. The molecule has 0 spiro atoms. The zero-order chi connectivity index (χ0) is 16.8. The number of carbonyl (C=O) groups is 1. The van der Waals surface area contributed by atoms with E-state index < -0.39 is 0 Å². The van der Waals surface area contributed by atoms with Gasteiger partial charge in [-0.2, -0.15) is 0 Å². The maximum absolute atomic E-state index is 11.7. The highest BCUT2D eigenvalue weighted by Crippen LogP contribution is 2.23. The van der Waals surface area contributed by atoms with Crippen LogP contribution in [0, 0.1) is 0 Å². The Morgan fingerprint density at radius 1 is 1.30 bits per heavy atom. The predicted molar refractivity (Wildman–Crippen MR) is 89.9 cm³/mol. The second-order valence-corrected chi connectivity index (χ2v) is 5.66. The van der Waals surface area contributed by atoms with Gasteiger partial charge >= 0.3 is 5.63 Å². The Morgan fingerprint density at radius 3 is 2.78 bits per heavy atom. The van der Waals surface area contributed by atoms with Gasteiger partial charge in [0, 0.05) is 23.6 Å². The van der Waals surface area contributed by atoms with Gasteiger partial charge in [-0.05, 0) is 37.5 Å². The number of rotatable bonds is 7. The standard InChI is InChI=1S/C18H23NO4/c1-4-6-13-9-18(21)23-16-10-14(7-8-15(13)16)22-11-17(20)19-12(3)5-2/h7-10,12H,4-6,11H2,1-3H3,(H,19,20)/t12-/m1/s1. The zero-order valence-corrected chi connectivity index (χ0v) is 13.8. The molecule has 0 unspecified atom stereocenters. The average molecular weight is 317 g/mol. The first-order valence-corrected chi connectivity index (χ1v) is 8.02. The minimum atomic E-state index is -0.368. The van der Waals surface area contributed by atoms with Crippen molar-refractivity contribution in [2.75, 3.05) is 6.61 Å². The monoisotopic (exact) mass is 317 g/mol. The summed E-state index contributed by atoms with van der Waals surface area (Å²) < 4.78 is 10.7. The van der Waals surface area contributed by atoms with E-state index in [9.17, 15) is 9.59 Å². The first-order chi connectivity index (χ1) is 11.0. The fourth-order valence-electron chi connectivity index (χ4n) is 2.34. The quantitative estimate of drug-likeness (QED) is 0.797. The van der Waals surface area contributed by atoms with Gasteiger partial charge in [-0.3, -0.25) is 4.79 Å². The summed E-state index contributed by atoms with van der Waals surface area (Å²) in [5, 5.41) is 3.74. The molecule has 1 aromatic heterocycles. The highest BCUT2D eigenvalue weighted by Gasteiger charge is 2.09. The van der Waals surface area contributed by atoms with E-state index in [1.54, 1.807) is 12.1 Å². The summed E-state index contributed by atoms with van der Waals surface area (Å²) in [6.45, 7) is 5.95. The molecule has 0 fully saturated rings. The highest BCUT2D eigenvalue weighted by atomic mass is 16.5. The Bertz CT molecular complexity index is 735. The number of ether oxygens (including phenoxy) is 1. The lowest BCUT2D eigenvalue weighted by molar-refractivity contribution is -0.123. The number of benzene rings is 1. The van der Waals surface area contributed by atoms with E-state index in [1.807, 2.05) is 19.9 Å². The van der Waals surface area contributed by atoms with Crippen molar-refractivity contribution in [2.45, 2.75) is 46.1 Å². The molecule has 5 heteroatoms. The number of amides is 1. The van der Waals surface area contributed by atoms with Gasteiger partial charge in [-0.15, -0.1) is 0 Å². The second-order valence-electron chi connectivity index (χ2n) is 5.66. The van der Waals surface area contributed by atoms with Gasteiger partial charge in [-0.25, -0.2) is 4.79 Å². The van der Waals surface area contributed by atoms with Gasteiger partial charge < -0.3 is 14.5 Å². The number of fused-ring (bicyclic) bond motifs is 1. The van der Waals surface area contributed by atoms with Gasteiger partial charge in [-0.1, -0.05) is 20.3 Å². The van der Waals surface area contributed by atoms with Crippen molar-refractivity contribution in [1.82, 2.24) is 5.32 Å². The van der Waals surface area contributed by atoms with Crippen LogP contribution in [0.5, 0.6) is 5.75 Å². The summed E-state index contributed by atoms with van der Waals surface area (Å²) >= 11 is 0. The summed E-state index contributed by atoms with van der Waals surface area (Å²) in [6.07, 6.45) is 2.64. The second kappa shape index (κ2) is 7.81. The molecular formula is C18H23NO4. The smallest absolute Gasteiger partial charge is 0.336 e. The third kappa shape index (κ3) is 4.58. The van der Waals surface area contributed by atoms with E-state index in [2.05, 4.69) is 12.2 Å². The molecule has 0 aliphatic rings. The molecule has 2 aromatic rings. The van der Waals surface area contributed by atoms with Gasteiger partial charge in [0.2, 0.25) is 0 Å². The van der Waals surface area contributed by atoms with E-state index in [0.29, 0.717) is 11.3 Å². The van der Waals surface area contributed by atoms with E-state index in [1.165, 1.54) is 6.07 Å². The van der Waals surface area contributed by atoms with Crippen LogP contribution in [-0.4, -0.2) is 18.6 Å². The Hall–Kier alpha value is -2.30. The molecule has 124 valence electrons. The average Bonchev–Trinajstić information content (AvgIpc) is 2.52. The van der Waals surface area contributed by atoms with Crippen molar-refractivity contribution in [2.24, 2.45) is 0 Å². The molecule has 5 nitrogen and oxygen atoms in total. The third-order valence-electron chi connectivity index (χ3n) is 3.71. The molecule has 0 aliphatic heterocycles. The van der Waals surface area contributed by atoms with Crippen LogP contribution in [0.4, 0.5) is 0 Å². The van der Waals surface area contributed by atoms with E-state index >= 15 is 0 Å². The molecule has 0 bridgehead atoms. The van der Waals surface area contributed by atoms with Gasteiger partial charge in [0.05, 0.1) is 0 Å². The summed E-state index contributed by atoms with van der Waals surface area (Å²) in [6, 6.07) is 6.97. The Labute approximate surface area is 135 Å². The molecule has 1 N–H and O–H groups in total. The molecule has 0 radical (unpaired) electrons. The lowest BCUT2D eigenvalue weighted by Gasteiger charge is -2.12. The van der Waals surface area contributed by atoms with E-state index in [4.69, 9.17) is 9.15 Å². The molecule has 0 saturated heterocycles. The Balaban J connectivity index is 2.14. The van der Waals surface area contributed by atoms with Crippen molar-refractivity contribution >= 4 is 16.9 Å². The number of aryl methyl sites for hydroxylation is 1. The van der Waals surface area contributed by atoms with Crippen molar-refractivity contribution < 1.29 is 13.9 Å². The number of hydrogen-bond donors (Lipinski definition) is 1. The van der Waals surface area contributed by atoms with E-state index in [-0.39, 0.29) is 24.2 Å². The summed E-state index contributed by atoms with van der Waals surface area (Å²) in [5.41, 5.74) is 1.09. The van der Waals surface area contributed by atoms with Crippen LogP contribution in [0.2, 0.25) is 0 Å². The predicted octanol–water partition coefficient (Wildman–Crippen LogP) is 3.04. The minimum absolute atomic E-state index is 0.0608. The molecule has 1 amide bonds. The van der Waals surface area contributed by atoms with Crippen LogP contribution in [0.3, 0.4) is 0 Å². The van der Waals surface area contributed by atoms with Crippen molar-refractivity contribution in [3.8, 4) is 5.75 Å². The fourth-order valence-corrected chi connectivity index (χ4v) is 2.34. The first-order valence-electron chi connectivity index (χ1n) is 8.02. The molecule has 1 aromatic carbocycles. The molecule has 2 rings (SSSR count). The molecule has 1 atom stereocenters. The fraction of sp³-hybridized carbons (Fsp3) is 0.444. The van der Waals surface area contributed by atoms with Crippen LogP contribution >= 0.6 is 0 Å². The van der Waals surface area contributed by atoms with Gasteiger partial charge in [0.15, 0.2) is 6.61 Å². The van der Waals surface area contributed by atoms with Crippen molar-refractivity contribution in [1.29, 1.82) is 0 Å². The first kappa shape index (κ1) is 17.1. The van der Waals surface area contributed by atoms with Crippen LogP contribution in [0.15, 0.2) is 33.5 Å². The molecule has 23 heavy (non-hydrogen) atoms. The number of hydrogen-bond acceptors (Lipinski definition) is 4. The summed E-state index contributed by atoms with van der Waals surface area (Å²) in [4.78, 5) is 23.4. The van der Waals surface area contributed by atoms with Crippen LogP contribution < -0.4 is 15.7 Å². The minimum Gasteiger partial charge on any atom is -0.484 e. The summed E-state index contributed by atoms with van der Waals surface area (Å²) in [7, 11) is 0. The van der Waals surface area contributed by atoms with Gasteiger partial charge in [0.25, 0.3) is 5.91 Å². The normalized spacial score (nSPS) is 12.1. The Kier molecular flexibility index (Phi) is 5.79. The SMILES string of the molecule is CCCc1cc(=O)oc2cc(OCC(=O)N[C@H](C)CC)ccc12. The highest BCUT2D eigenvalue weighted by molar-refractivity contribution is 5.82. The molecular weight excluding hydrogens is 294 g/mol. The van der Waals surface area contributed by atoms with Crippen molar-refractivity contribution in [3.05, 3.63) is 40.2 Å².